The van der Waals surface area contributed by atoms with Crippen LogP contribution in [-0.2, 0) is 17.8 Å². The fourth-order valence-electron chi connectivity index (χ4n) is 2.53. The van der Waals surface area contributed by atoms with E-state index in [4.69, 9.17) is 5.73 Å². The Labute approximate surface area is 131 Å². The highest BCUT2D eigenvalue weighted by molar-refractivity contribution is 7.10. The average molecular weight is 309 g/mol. The normalized spacial score (nSPS) is 18.9. The van der Waals surface area contributed by atoms with Gasteiger partial charge in [0.15, 0.2) is 0 Å². The highest BCUT2D eigenvalue weighted by Gasteiger charge is 2.28. The van der Waals surface area contributed by atoms with Gasteiger partial charge in [0.1, 0.15) is 0 Å². The molecule has 1 aromatic heterocycles. The van der Waals surface area contributed by atoms with Crippen LogP contribution in [0, 0.1) is 5.41 Å². The van der Waals surface area contributed by atoms with E-state index in [0.29, 0.717) is 12.6 Å². The van der Waals surface area contributed by atoms with Gasteiger partial charge in [0.2, 0.25) is 5.91 Å². The SMILES string of the molecule is CC(CNC(=O)[C@@H](N)C(C)(C)C)N1CCc2sccc2C1. The Morgan fingerprint density at radius 3 is 2.90 bits per heavy atom. The summed E-state index contributed by atoms with van der Waals surface area (Å²) >= 11 is 1.85. The van der Waals surface area contributed by atoms with Gasteiger partial charge in [-0.25, -0.2) is 0 Å². The van der Waals surface area contributed by atoms with E-state index in [1.54, 1.807) is 0 Å². The van der Waals surface area contributed by atoms with Crippen LogP contribution in [0.25, 0.3) is 0 Å². The second-order valence-corrected chi connectivity index (χ2v) is 8.03. The van der Waals surface area contributed by atoms with Crippen LogP contribution in [0.4, 0.5) is 0 Å². The topological polar surface area (TPSA) is 58.4 Å². The first-order valence-electron chi connectivity index (χ1n) is 7.61. The third-order valence-electron chi connectivity index (χ3n) is 4.25. The molecule has 1 aliphatic heterocycles. The van der Waals surface area contributed by atoms with Crippen molar-refractivity contribution >= 4 is 17.2 Å². The van der Waals surface area contributed by atoms with E-state index in [1.807, 2.05) is 32.1 Å². The zero-order valence-electron chi connectivity index (χ0n) is 13.5. The summed E-state index contributed by atoms with van der Waals surface area (Å²) in [6.45, 7) is 10.8. The summed E-state index contributed by atoms with van der Waals surface area (Å²) in [4.78, 5) is 16.0. The average Bonchev–Trinajstić information content (AvgIpc) is 2.89. The minimum Gasteiger partial charge on any atom is -0.353 e. The maximum atomic E-state index is 12.1. The molecular formula is C16H27N3OS. The number of carbonyl (C=O) groups excluding carboxylic acids is 1. The van der Waals surface area contributed by atoms with E-state index in [0.717, 1.165) is 19.5 Å². The van der Waals surface area contributed by atoms with E-state index in [1.165, 1.54) is 10.4 Å². The molecule has 0 spiro atoms. The Morgan fingerprint density at radius 1 is 1.52 bits per heavy atom. The number of carbonyl (C=O) groups is 1. The quantitative estimate of drug-likeness (QED) is 0.894. The number of hydrogen-bond donors (Lipinski definition) is 2. The maximum absolute atomic E-state index is 12.1. The molecule has 118 valence electrons. The zero-order valence-corrected chi connectivity index (χ0v) is 14.3. The summed E-state index contributed by atoms with van der Waals surface area (Å²) in [7, 11) is 0. The Hall–Kier alpha value is -0.910. The Kier molecular flexibility index (Phi) is 5.07. The number of fused-ring (bicyclic) bond motifs is 1. The predicted octanol–water partition coefficient (Wildman–Crippen LogP) is 1.98. The van der Waals surface area contributed by atoms with Crippen LogP contribution in [0.5, 0.6) is 0 Å². The molecule has 0 bridgehead atoms. The molecule has 3 N–H and O–H groups in total. The summed E-state index contributed by atoms with van der Waals surface area (Å²) in [5.74, 6) is -0.0532. The van der Waals surface area contributed by atoms with Gasteiger partial charge < -0.3 is 11.1 Å². The minimum atomic E-state index is -0.463. The van der Waals surface area contributed by atoms with Gasteiger partial charge in [0.25, 0.3) is 0 Å². The fourth-order valence-corrected chi connectivity index (χ4v) is 3.42. The molecule has 1 aliphatic rings. The van der Waals surface area contributed by atoms with Gasteiger partial charge in [-0.05, 0) is 35.8 Å². The molecule has 1 aromatic rings. The first-order valence-corrected chi connectivity index (χ1v) is 8.49. The summed E-state index contributed by atoms with van der Waals surface area (Å²) in [6.07, 6.45) is 1.12. The monoisotopic (exact) mass is 309 g/mol. The Bertz CT molecular complexity index is 492. The van der Waals surface area contributed by atoms with Gasteiger partial charge in [-0.1, -0.05) is 20.8 Å². The Morgan fingerprint density at radius 2 is 2.24 bits per heavy atom. The zero-order chi connectivity index (χ0) is 15.6. The van der Waals surface area contributed by atoms with Crippen molar-refractivity contribution in [2.45, 2.75) is 52.7 Å². The predicted molar refractivity (Wildman–Crippen MR) is 88.3 cm³/mol. The van der Waals surface area contributed by atoms with Crippen molar-refractivity contribution in [3.63, 3.8) is 0 Å². The molecule has 1 unspecified atom stereocenters. The van der Waals surface area contributed by atoms with Crippen LogP contribution < -0.4 is 11.1 Å². The molecule has 0 fully saturated rings. The van der Waals surface area contributed by atoms with Crippen molar-refractivity contribution < 1.29 is 4.79 Å². The number of hydrogen-bond acceptors (Lipinski definition) is 4. The van der Waals surface area contributed by atoms with Gasteiger partial charge in [-0.3, -0.25) is 9.69 Å². The third-order valence-corrected chi connectivity index (χ3v) is 5.27. The number of nitrogens with two attached hydrogens (primary N) is 1. The van der Waals surface area contributed by atoms with Crippen molar-refractivity contribution in [1.82, 2.24) is 10.2 Å². The van der Waals surface area contributed by atoms with E-state index >= 15 is 0 Å². The lowest BCUT2D eigenvalue weighted by atomic mass is 9.87. The molecular weight excluding hydrogens is 282 g/mol. The fraction of sp³-hybridized carbons (Fsp3) is 0.688. The van der Waals surface area contributed by atoms with Crippen LogP contribution in [0.3, 0.4) is 0 Å². The Balaban J connectivity index is 1.83. The van der Waals surface area contributed by atoms with E-state index in [2.05, 4.69) is 28.6 Å². The molecule has 2 heterocycles. The smallest absolute Gasteiger partial charge is 0.237 e. The summed E-state index contributed by atoms with van der Waals surface area (Å²) in [6, 6.07) is 2.08. The highest BCUT2D eigenvalue weighted by Crippen LogP contribution is 2.25. The summed E-state index contributed by atoms with van der Waals surface area (Å²) < 4.78 is 0. The van der Waals surface area contributed by atoms with Crippen LogP contribution in [-0.4, -0.2) is 36.0 Å². The van der Waals surface area contributed by atoms with Gasteiger partial charge >= 0.3 is 0 Å². The lowest BCUT2D eigenvalue weighted by molar-refractivity contribution is -0.124. The van der Waals surface area contributed by atoms with Crippen molar-refractivity contribution in [3.8, 4) is 0 Å². The van der Waals surface area contributed by atoms with Crippen LogP contribution in [0.2, 0.25) is 0 Å². The molecule has 0 saturated carbocycles. The molecule has 0 saturated heterocycles. The number of thiophene rings is 1. The maximum Gasteiger partial charge on any atom is 0.237 e. The molecule has 0 aliphatic carbocycles. The molecule has 21 heavy (non-hydrogen) atoms. The molecule has 5 heteroatoms. The third kappa shape index (κ3) is 4.05. The summed E-state index contributed by atoms with van der Waals surface area (Å²) in [5.41, 5.74) is 7.22. The number of amides is 1. The lowest BCUT2D eigenvalue weighted by Crippen LogP contribution is -2.52. The molecule has 2 atom stereocenters. The van der Waals surface area contributed by atoms with Crippen molar-refractivity contribution in [2.75, 3.05) is 13.1 Å². The summed E-state index contributed by atoms with van der Waals surface area (Å²) in [5, 5.41) is 5.17. The largest absolute Gasteiger partial charge is 0.353 e. The standard InChI is InChI=1S/C16H27N3OS/c1-11(9-18-15(20)14(17)16(2,3)4)19-7-5-13-12(10-19)6-8-21-13/h6,8,11,14H,5,7,9-10,17H2,1-4H3,(H,18,20)/t11?,14-/m1/s1. The number of rotatable bonds is 4. The van der Waals surface area contributed by atoms with Crippen molar-refractivity contribution in [1.29, 1.82) is 0 Å². The second-order valence-electron chi connectivity index (χ2n) is 7.03. The van der Waals surface area contributed by atoms with E-state index in [-0.39, 0.29) is 11.3 Å². The van der Waals surface area contributed by atoms with Crippen LogP contribution in [0.15, 0.2) is 11.4 Å². The van der Waals surface area contributed by atoms with Gasteiger partial charge in [-0.15, -0.1) is 11.3 Å². The van der Waals surface area contributed by atoms with Gasteiger partial charge in [0, 0.05) is 30.6 Å². The number of nitrogens with zero attached hydrogens (tertiary/aromatic N) is 1. The van der Waals surface area contributed by atoms with E-state index in [9.17, 15) is 4.79 Å². The second kappa shape index (κ2) is 6.46. The van der Waals surface area contributed by atoms with Crippen molar-refractivity contribution in [3.05, 3.63) is 21.9 Å². The highest BCUT2D eigenvalue weighted by atomic mass is 32.1. The van der Waals surface area contributed by atoms with Gasteiger partial charge in [-0.2, -0.15) is 0 Å². The molecule has 0 radical (unpaired) electrons. The number of nitrogens with one attached hydrogen (secondary N) is 1. The minimum absolute atomic E-state index is 0.0532. The molecule has 4 nitrogen and oxygen atoms in total. The molecule has 0 aromatic carbocycles. The lowest BCUT2D eigenvalue weighted by Gasteiger charge is -2.33. The first-order chi connectivity index (χ1) is 9.79. The van der Waals surface area contributed by atoms with Crippen LogP contribution in [0.1, 0.15) is 38.1 Å². The van der Waals surface area contributed by atoms with E-state index < -0.39 is 6.04 Å². The van der Waals surface area contributed by atoms with Gasteiger partial charge in [0.05, 0.1) is 6.04 Å². The van der Waals surface area contributed by atoms with Crippen molar-refractivity contribution in [2.24, 2.45) is 11.1 Å². The first kappa shape index (κ1) is 16.5. The molecule has 1 amide bonds. The molecule has 2 rings (SSSR count). The van der Waals surface area contributed by atoms with Crippen LogP contribution >= 0.6 is 11.3 Å².